The van der Waals surface area contributed by atoms with Gasteiger partial charge in [0.2, 0.25) is 0 Å². The number of hydrogen-bond acceptors (Lipinski definition) is 3. The molecule has 4 heteroatoms. The number of nitrogens with zero attached hydrogens (tertiary/aromatic N) is 1. The van der Waals surface area contributed by atoms with Crippen molar-refractivity contribution in [3.8, 4) is 0 Å². The van der Waals surface area contributed by atoms with E-state index in [2.05, 4.69) is 10.3 Å². The Morgan fingerprint density at radius 2 is 2.50 bits per heavy atom. The lowest BCUT2D eigenvalue weighted by molar-refractivity contribution is -0.134. The van der Waals surface area contributed by atoms with Crippen LogP contribution < -0.4 is 5.32 Å². The molecule has 0 aromatic carbocycles. The van der Waals surface area contributed by atoms with E-state index in [9.17, 15) is 4.79 Å². The van der Waals surface area contributed by atoms with E-state index in [4.69, 9.17) is 5.11 Å². The average molecular weight is 166 g/mol. The van der Waals surface area contributed by atoms with Gasteiger partial charge in [0.15, 0.2) is 0 Å². The van der Waals surface area contributed by atoms with Crippen LogP contribution in [0.2, 0.25) is 0 Å². The molecule has 2 N–H and O–H groups in total. The predicted octanol–water partition coefficient (Wildman–Crippen LogP) is 0.887. The summed E-state index contributed by atoms with van der Waals surface area (Å²) in [5.41, 5.74) is 1.05. The molecule has 0 saturated carbocycles. The molecule has 0 radical (unpaired) electrons. The number of carbonyl (C=O) groups is 1. The number of aromatic nitrogens is 1. The molecule has 0 unspecified atom stereocenters. The Balaban J connectivity index is 2.57. The average Bonchev–Trinajstić information content (AvgIpc) is 2.01. The van der Waals surface area contributed by atoms with Crippen LogP contribution in [0.1, 0.15) is 5.56 Å². The van der Waals surface area contributed by atoms with E-state index in [1.54, 1.807) is 12.3 Å². The van der Waals surface area contributed by atoms with Gasteiger partial charge >= 0.3 is 5.97 Å². The lowest BCUT2D eigenvalue weighted by Gasteiger charge is -2.01. The second kappa shape index (κ2) is 3.71. The number of nitrogens with one attached hydrogen (secondary N) is 1. The third-order valence-corrected chi connectivity index (χ3v) is 1.34. The number of anilines is 1. The van der Waals surface area contributed by atoms with Gasteiger partial charge in [0.1, 0.15) is 12.4 Å². The van der Waals surface area contributed by atoms with Crippen molar-refractivity contribution < 1.29 is 9.90 Å². The van der Waals surface area contributed by atoms with Gasteiger partial charge < -0.3 is 10.4 Å². The van der Waals surface area contributed by atoms with Gasteiger partial charge in [0, 0.05) is 6.20 Å². The molecule has 1 heterocycles. The van der Waals surface area contributed by atoms with Crippen molar-refractivity contribution in [2.75, 3.05) is 11.9 Å². The van der Waals surface area contributed by atoms with Gasteiger partial charge in [-0.15, -0.1) is 0 Å². The maximum Gasteiger partial charge on any atom is 0.322 e. The summed E-state index contributed by atoms with van der Waals surface area (Å²) < 4.78 is 0. The maximum absolute atomic E-state index is 10.2. The highest BCUT2D eigenvalue weighted by molar-refractivity contribution is 5.72. The van der Waals surface area contributed by atoms with Crippen LogP contribution in [-0.4, -0.2) is 22.6 Å². The van der Waals surface area contributed by atoms with Crippen molar-refractivity contribution in [1.29, 1.82) is 0 Å². The minimum atomic E-state index is -0.890. The normalized spacial score (nSPS) is 9.42. The molecule has 12 heavy (non-hydrogen) atoms. The third kappa shape index (κ3) is 2.57. The topological polar surface area (TPSA) is 62.2 Å². The van der Waals surface area contributed by atoms with Gasteiger partial charge in [0.05, 0.1) is 0 Å². The number of pyridine rings is 1. The first-order valence-electron chi connectivity index (χ1n) is 3.57. The van der Waals surface area contributed by atoms with Crippen LogP contribution in [0.4, 0.5) is 5.82 Å². The first-order chi connectivity index (χ1) is 5.68. The van der Waals surface area contributed by atoms with E-state index in [0.29, 0.717) is 5.82 Å². The molecule has 0 atom stereocenters. The Labute approximate surface area is 70.3 Å². The summed E-state index contributed by atoms with van der Waals surface area (Å²) in [5.74, 6) is -0.296. The molecule has 0 aliphatic rings. The monoisotopic (exact) mass is 166 g/mol. The number of carboxylic acid groups (broad SMARTS) is 1. The first-order valence-corrected chi connectivity index (χ1v) is 3.57. The zero-order valence-corrected chi connectivity index (χ0v) is 6.74. The van der Waals surface area contributed by atoms with Gasteiger partial charge in [-0.3, -0.25) is 4.79 Å². The highest BCUT2D eigenvalue weighted by atomic mass is 16.4. The van der Waals surface area contributed by atoms with Crippen LogP contribution >= 0.6 is 0 Å². The summed E-state index contributed by atoms with van der Waals surface area (Å²) in [6.45, 7) is 1.82. The molecule has 0 aliphatic heterocycles. The van der Waals surface area contributed by atoms with Gasteiger partial charge in [-0.05, 0) is 24.6 Å². The Morgan fingerprint density at radius 3 is 3.08 bits per heavy atom. The minimum absolute atomic E-state index is 0.101. The molecule has 0 aliphatic carbocycles. The van der Waals surface area contributed by atoms with Crippen molar-refractivity contribution in [3.63, 3.8) is 0 Å². The molecule has 1 aromatic heterocycles. The zero-order chi connectivity index (χ0) is 8.97. The van der Waals surface area contributed by atoms with Crippen LogP contribution in [0.15, 0.2) is 18.3 Å². The molecule has 1 aromatic rings. The van der Waals surface area contributed by atoms with Crippen molar-refractivity contribution in [2.24, 2.45) is 0 Å². The third-order valence-electron chi connectivity index (χ3n) is 1.34. The predicted molar refractivity (Wildman–Crippen MR) is 45.1 cm³/mol. The Bertz CT molecular complexity index is 286. The lowest BCUT2D eigenvalue weighted by Crippen LogP contribution is -2.13. The second-order valence-corrected chi connectivity index (χ2v) is 2.47. The van der Waals surface area contributed by atoms with E-state index in [0.717, 1.165) is 5.56 Å². The smallest absolute Gasteiger partial charge is 0.322 e. The van der Waals surface area contributed by atoms with E-state index < -0.39 is 5.97 Å². The standard InChI is InChI=1S/C8H10N2O2/c1-6-2-3-9-7(4-6)10-5-8(11)12/h2-4H,5H2,1H3,(H,9,10)(H,11,12). The Kier molecular flexibility index (Phi) is 2.63. The summed E-state index contributed by atoms with van der Waals surface area (Å²) in [6, 6.07) is 3.65. The molecule has 0 bridgehead atoms. The molecule has 4 nitrogen and oxygen atoms in total. The summed E-state index contributed by atoms with van der Waals surface area (Å²) in [4.78, 5) is 14.1. The van der Waals surface area contributed by atoms with Crippen LogP contribution in [0, 0.1) is 6.92 Å². The van der Waals surface area contributed by atoms with E-state index in [1.165, 1.54) is 0 Å². The summed E-state index contributed by atoms with van der Waals surface area (Å²) >= 11 is 0. The zero-order valence-electron chi connectivity index (χ0n) is 6.74. The fourth-order valence-electron chi connectivity index (χ4n) is 0.799. The van der Waals surface area contributed by atoms with Crippen LogP contribution in [0.5, 0.6) is 0 Å². The summed E-state index contributed by atoms with van der Waals surface area (Å²) in [7, 11) is 0. The van der Waals surface area contributed by atoms with Crippen molar-refractivity contribution in [2.45, 2.75) is 6.92 Å². The highest BCUT2D eigenvalue weighted by Gasteiger charge is 1.96. The van der Waals surface area contributed by atoms with Crippen LogP contribution in [-0.2, 0) is 4.79 Å². The quantitative estimate of drug-likeness (QED) is 0.699. The minimum Gasteiger partial charge on any atom is -0.480 e. The van der Waals surface area contributed by atoms with Gasteiger partial charge in [0.25, 0.3) is 0 Å². The largest absolute Gasteiger partial charge is 0.480 e. The molecular weight excluding hydrogens is 156 g/mol. The number of carboxylic acids is 1. The molecule has 64 valence electrons. The van der Waals surface area contributed by atoms with Gasteiger partial charge in [-0.2, -0.15) is 0 Å². The molecule has 0 amide bonds. The molecule has 0 saturated heterocycles. The van der Waals surface area contributed by atoms with E-state index >= 15 is 0 Å². The van der Waals surface area contributed by atoms with Crippen LogP contribution in [0.25, 0.3) is 0 Å². The highest BCUT2D eigenvalue weighted by Crippen LogP contribution is 2.03. The molecule has 0 spiro atoms. The number of aryl methyl sites for hydroxylation is 1. The number of rotatable bonds is 3. The molecular formula is C8H10N2O2. The fraction of sp³-hybridized carbons (Fsp3) is 0.250. The van der Waals surface area contributed by atoms with Crippen molar-refractivity contribution in [1.82, 2.24) is 4.98 Å². The number of aliphatic carboxylic acids is 1. The molecule has 0 fully saturated rings. The Hall–Kier alpha value is -1.58. The van der Waals surface area contributed by atoms with Crippen molar-refractivity contribution in [3.05, 3.63) is 23.9 Å². The Morgan fingerprint density at radius 1 is 1.75 bits per heavy atom. The van der Waals surface area contributed by atoms with Crippen LogP contribution in [0.3, 0.4) is 0 Å². The van der Waals surface area contributed by atoms with E-state index in [-0.39, 0.29) is 6.54 Å². The lowest BCUT2D eigenvalue weighted by atomic mass is 10.3. The second-order valence-electron chi connectivity index (χ2n) is 2.47. The number of hydrogen-bond donors (Lipinski definition) is 2. The SMILES string of the molecule is Cc1ccnc(NCC(=O)O)c1. The van der Waals surface area contributed by atoms with E-state index in [1.807, 2.05) is 13.0 Å². The fourth-order valence-corrected chi connectivity index (χ4v) is 0.799. The maximum atomic E-state index is 10.2. The first kappa shape index (κ1) is 8.52. The molecule has 1 rings (SSSR count). The van der Waals surface area contributed by atoms with Gasteiger partial charge in [-0.1, -0.05) is 0 Å². The van der Waals surface area contributed by atoms with Gasteiger partial charge in [-0.25, -0.2) is 4.98 Å². The van der Waals surface area contributed by atoms with Crippen molar-refractivity contribution >= 4 is 11.8 Å². The summed E-state index contributed by atoms with van der Waals surface area (Å²) in [5, 5.41) is 11.0. The summed E-state index contributed by atoms with van der Waals surface area (Å²) in [6.07, 6.45) is 1.64.